The molecule has 0 amide bonds. The van der Waals surface area contributed by atoms with Crippen molar-refractivity contribution in [3.8, 4) is 6.07 Å². The number of carbonyl (C=O) groups is 1. The van der Waals surface area contributed by atoms with Crippen LogP contribution < -0.4 is 0 Å². The Morgan fingerprint density at radius 1 is 1.62 bits per heavy atom. The lowest BCUT2D eigenvalue weighted by molar-refractivity contribution is -0.152. The van der Waals surface area contributed by atoms with Gasteiger partial charge in [0.1, 0.15) is 0 Å². The molecule has 0 aromatic carbocycles. The fraction of sp³-hybridized carbons (Fsp3) is 0.800. The van der Waals surface area contributed by atoms with Crippen LogP contribution in [-0.2, 0) is 9.53 Å². The summed E-state index contributed by atoms with van der Waals surface area (Å²) in [6, 6.07) is 2.09. The molecular formula is C10H17NO2. The molecule has 0 fully saturated rings. The third-order valence-corrected chi connectivity index (χ3v) is 2.76. The van der Waals surface area contributed by atoms with E-state index in [0.29, 0.717) is 6.42 Å². The summed E-state index contributed by atoms with van der Waals surface area (Å²) in [5.74, 6) is -0.373. The molecule has 0 aliphatic rings. The van der Waals surface area contributed by atoms with Crippen LogP contribution >= 0.6 is 0 Å². The lowest BCUT2D eigenvalue weighted by atomic mass is 9.74. The third-order valence-electron chi connectivity index (χ3n) is 2.76. The molecule has 0 saturated carbocycles. The minimum absolute atomic E-state index is 0.0370. The van der Waals surface area contributed by atoms with Gasteiger partial charge in [0.05, 0.1) is 13.2 Å². The van der Waals surface area contributed by atoms with Gasteiger partial charge < -0.3 is 4.74 Å². The summed E-state index contributed by atoms with van der Waals surface area (Å²) in [7, 11) is 1.33. The van der Waals surface area contributed by atoms with Crippen molar-refractivity contribution in [1.82, 2.24) is 0 Å². The van der Waals surface area contributed by atoms with Crippen molar-refractivity contribution in [3.63, 3.8) is 0 Å². The van der Waals surface area contributed by atoms with Crippen LogP contribution in [0.1, 0.15) is 33.6 Å². The lowest BCUT2D eigenvalue weighted by Gasteiger charge is -2.27. The van der Waals surface area contributed by atoms with E-state index in [1.165, 1.54) is 7.11 Å². The van der Waals surface area contributed by atoms with Gasteiger partial charge in [-0.2, -0.15) is 5.26 Å². The van der Waals surface area contributed by atoms with E-state index in [1.807, 2.05) is 20.8 Å². The first-order chi connectivity index (χ1) is 6.08. The Labute approximate surface area is 79.7 Å². The predicted octanol–water partition coefficient (Wildman–Crippen LogP) is 2.13. The SMILES string of the molecule is CC[C@H](C)[C@@](C#N)(CC)C(=O)OC. The lowest BCUT2D eigenvalue weighted by Crippen LogP contribution is -2.36. The molecule has 13 heavy (non-hydrogen) atoms. The Kier molecular flexibility index (Phi) is 4.47. The van der Waals surface area contributed by atoms with Gasteiger partial charge in [-0.05, 0) is 12.3 Å². The zero-order valence-electron chi connectivity index (χ0n) is 8.76. The van der Waals surface area contributed by atoms with Crippen LogP contribution in [0.25, 0.3) is 0 Å². The number of carbonyl (C=O) groups excluding carboxylic acids is 1. The van der Waals surface area contributed by atoms with Crippen LogP contribution in [0.4, 0.5) is 0 Å². The van der Waals surface area contributed by atoms with E-state index >= 15 is 0 Å². The van der Waals surface area contributed by atoms with E-state index in [2.05, 4.69) is 10.8 Å². The molecule has 0 N–H and O–H groups in total. The summed E-state index contributed by atoms with van der Waals surface area (Å²) in [6.07, 6.45) is 1.31. The number of methoxy groups -OCH3 is 1. The Hall–Kier alpha value is -1.04. The first kappa shape index (κ1) is 12.0. The zero-order chi connectivity index (χ0) is 10.5. The zero-order valence-corrected chi connectivity index (χ0v) is 8.76. The summed E-state index contributed by atoms with van der Waals surface area (Å²) in [5, 5.41) is 9.03. The van der Waals surface area contributed by atoms with E-state index in [1.54, 1.807) is 0 Å². The monoisotopic (exact) mass is 183 g/mol. The van der Waals surface area contributed by atoms with Crippen LogP contribution in [0, 0.1) is 22.7 Å². The second-order valence-electron chi connectivity index (χ2n) is 3.24. The van der Waals surface area contributed by atoms with Crippen molar-refractivity contribution < 1.29 is 9.53 Å². The maximum Gasteiger partial charge on any atom is 0.326 e. The highest BCUT2D eigenvalue weighted by Crippen LogP contribution is 2.34. The van der Waals surface area contributed by atoms with Crippen molar-refractivity contribution in [1.29, 1.82) is 5.26 Å². The Morgan fingerprint density at radius 3 is 2.38 bits per heavy atom. The van der Waals surface area contributed by atoms with Gasteiger partial charge in [0.25, 0.3) is 0 Å². The topological polar surface area (TPSA) is 50.1 Å². The first-order valence-electron chi connectivity index (χ1n) is 4.58. The van der Waals surface area contributed by atoms with Crippen molar-refractivity contribution in [3.05, 3.63) is 0 Å². The average molecular weight is 183 g/mol. The average Bonchev–Trinajstić information content (AvgIpc) is 2.19. The van der Waals surface area contributed by atoms with Crippen LogP contribution in [-0.4, -0.2) is 13.1 Å². The summed E-state index contributed by atoms with van der Waals surface area (Å²) in [4.78, 5) is 11.5. The van der Waals surface area contributed by atoms with Gasteiger partial charge in [-0.15, -0.1) is 0 Å². The number of ether oxygens (including phenoxy) is 1. The summed E-state index contributed by atoms with van der Waals surface area (Å²) in [6.45, 7) is 5.71. The van der Waals surface area contributed by atoms with Gasteiger partial charge in [0.15, 0.2) is 5.41 Å². The molecule has 2 atom stereocenters. The number of hydrogen-bond donors (Lipinski definition) is 0. The molecule has 0 heterocycles. The van der Waals surface area contributed by atoms with Gasteiger partial charge >= 0.3 is 5.97 Å². The minimum Gasteiger partial charge on any atom is -0.468 e. The molecule has 74 valence electrons. The van der Waals surface area contributed by atoms with Crippen LogP contribution in [0.15, 0.2) is 0 Å². The summed E-state index contributed by atoms with van der Waals surface area (Å²) in [5.41, 5.74) is -0.955. The Morgan fingerprint density at radius 2 is 2.15 bits per heavy atom. The molecule has 0 aliphatic heterocycles. The Bertz CT molecular complexity index is 219. The fourth-order valence-corrected chi connectivity index (χ4v) is 1.46. The van der Waals surface area contributed by atoms with E-state index in [-0.39, 0.29) is 5.92 Å². The standard InChI is InChI=1S/C10H17NO2/c1-5-8(3)10(6-2,7-11)9(12)13-4/h8H,5-6H2,1-4H3/t8-,10-/m0/s1. The minimum atomic E-state index is -0.955. The normalized spacial score (nSPS) is 16.8. The molecule has 0 aliphatic carbocycles. The van der Waals surface area contributed by atoms with Crippen LogP contribution in [0.3, 0.4) is 0 Å². The molecule has 0 aromatic rings. The van der Waals surface area contributed by atoms with Gasteiger partial charge in [0, 0.05) is 0 Å². The van der Waals surface area contributed by atoms with Gasteiger partial charge in [-0.1, -0.05) is 27.2 Å². The smallest absolute Gasteiger partial charge is 0.326 e. The van der Waals surface area contributed by atoms with E-state index in [9.17, 15) is 4.79 Å². The second kappa shape index (κ2) is 4.86. The third kappa shape index (κ3) is 2.00. The maximum absolute atomic E-state index is 11.5. The number of rotatable bonds is 4. The van der Waals surface area contributed by atoms with E-state index < -0.39 is 11.4 Å². The molecule has 0 rings (SSSR count). The molecular weight excluding hydrogens is 166 g/mol. The highest BCUT2D eigenvalue weighted by Gasteiger charge is 2.42. The van der Waals surface area contributed by atoms with Gasteiger partial charge in [-0.25, -0.2) is 0 Å². The molecule has 3 nitrogen and oxygen atoms in total. The maximum atomic E-state index is 11.5. The fourth-order valence-electron chi connectivity index (χ4n) is 1.46. The second-order valence-corrected chi connectivity index (χ2v) is 3.24. The van der Waals surface area contributed by atoms with Crippen molar-refractivity contribution in [2.45, 2.75) is 33.6 Å². The molecule has 0 unspecified atom stereocenters. The van der Waals surface area contributed by atoms with Crippen molar-refractivity contribution in [2.75, 3.05) is 7.11 Å². The molecule has 0 bridgehead atoms. The highest BCUT2D eigenvalue weighted by molar-refractivity contribution is 5.80. The van der Waals surface area contributed by atoms with Crippen LogP contribution in [0.2, 0.25) is 0 Å². The number of esters is 1. The molecule has 0 saturated heterocycles. The number of hydrogen-bond acceptors (Lipinski definition) is 3. The molecule has 0 radical (unpaired) electrons. The molecule has 0 spiro atoms. The van der Waals surface area contributed by atoms with E-state index in [0.717, 1.165) is 6.42 Å². The predicted molar refractivity (Wildman–Crippen MR) is 49.8 cm³/mol. The van der Waals surface area contributed by atoms with Gasteiger partial charge in [-0.3, -0.25) is 4.79 Å². The summed E-state index contributed by atoms with van der Waals surface area (Å²) >= 11 is 0. The van der Waals surface area contributed by atoms with Crippen LogP contribution in [0.5, 0.6) is 0 Å². The Balaban J connectivity index is 4.93. The highest BCUT2D eigenvalue weighted by atomic mass is 16.5. The molecule has 0 aromatic heterocycles. The van der Waals surface area contributed by atoms with E-state index in [4.69, 9.17) is 5.26 Å². The largest absolute Gasteiger partial charge is 0.468 e. The first-order valence-corrected chi connectivity index (χ1v) is 4.58. The summed E-state index contributed by atoms with van der Waals surface area (Å²) < 4.78 is 4.66. The number of nitrogens with zero attached hydrogens (tertiary/aromatic N) is 1. The van der Waals surface area contributed by atoms with Crippen molar-refractivity contribution >= 4 is 5.97 Å². The van der Waals surface area contributed by atoms with Gasteiger partial charge in [0.2, 0.25) is 0 Å². The molecule has 3 heteroatoms. The van der Waals surface area contributed by atoms with Crippen molar-refractivity contribution in [2.24, 2.45) is 11.3 Å². The number of nitriles is 1. The quantitative estimate of drug-likeness (QED) is 0.627.